The Morgan fingerprint density at radius 3 is 2.62 bits per heavy atom. The minimum Gasteiger partial charge on any atom is -0.381 e. The van der Waals surface area contributed by atoms with Crippen LogP contribution >= 0.6 is 0 Å². The van der Waals surface area contributed by atoms with Crippen LogP contribution in [0, 0.1) is 0 Å². The monoisotopic (exact) mass is 289 g/mol. The third-order valence-electron chi connectivity index (χ3n) is 4.78. The summed E-state index contributed by atoms with van der Waals surface area (Å²) in [7, 11) is 4.32. The first-order valence-corrected chi connectivity index (χ1v) is 8.06. The van der Waals surface area contributed by atoms with Gasteiger partial charge in [-0.2, -0.15) is 0 Å². The quantitative estimate of drug-likeness (QED) is 0.851. The van der Waals surface area contributed by atoms with Crippen LogP contribution < -0.4 is 4.90 Å². The predicted octanol–water partition coefficient (Wildman–Crippen LogP) is 2.46. The van der Waals surface area contributed by atoms with E-state index in [-0.39, 0.29) is 0 Å². The molecule has 2 fully saturated rings. The molecule has 0 aromatic carbocycles. The Morgan fingerprint density at radius 1 is 1.29 bits per heavy atom. The van der Waals surface area contributed by atoms with Gasteiger partial charge in [0.2, 0.25) is 0 Å². The molecule has 0 aliphatic carbocycles. The molecule has 3 rings (SSSR count). The summed E-state index contributed by atoms with van der Waals surface area (Å²) >= 11 is 0. The maximum absolute atomic E-state index is 5.58. The van der Waals surface area contributed by atoms with Crippen LogP contribution in [0.25, 0.3) is 0 Å². The molecule has 116 valence electrons. The molecule has 21 heavy (non-hydrogen) atoms. The van der Waals surface area contributed by atoms with E-state index in [1.165, 1.54) is 17.1 Å². The van der Waals surface area contributed by atoms with Crippen LogP contribution in [0.3, 0.4) is 0 Å². The van der Waals surface area contributed by atoms with Crippen molar-refractivity contribution in [1.82, 2.24) is 9.88 Å². The summed E-state index contributed by atoms with van der Waals surface area (Å²) in [5.74, 6) is 2.20. The zero-order valence-corrected chi connectivity index (χ0v) is 13.7. The van der Waals surface area contributed by atoms with Crippen molar-refractivity contribution in [2.24, 2.45) is 0 Å². The number of anilines is 1. The highest BCUT2D eigenvalue weighted by atomic mass is 16.5. The van der Waals surface area contributed by atoms with Gasteiger partial charge in [-0.25, -0.2) is 4.98 Å². The van der Waals surface area contributed by atoms with Crippen molar-refractivity contribution in [3.63, 3.8) is 0 Å². The third-order valence-corrected chi connectivity index (χ3v) is 4.78. The Kier molecular flexibility index (Phi) is 4.18. The number of ether oxygens (including phenoxy) is 1. The molecular weight excluding hydrogens is 262 g/mol. The zero-order chi connectivity index (χ0) is 15.0. The van der Waals surface area contributed by atoms with Crippen LogP contribution in [0.15, 0.2) is 12.1 Å². The van der Waals surface area contributed by atoms with E-state index in [0.29, 0.717) is 17.9 Å². The fourth-order valence-corrected chi connectivity index (χ4v) is 3.10. The number of nitrogens with zero attached hydrogens (tertiary/aromatic N) is 3. The molecule has 0 amide bonds. The average molecular weight is 289 g/mol. The molecule has 2 saturated heterocycles. The van der Waals surface area contributed by atoms with Gasteiger partial charge in [0, 0.05) is 42.9 Å². The standard InChI is InChI=1S/C17H27N3O/c1-12(2)16-6-5-15(13-7-8-21-11-13)17(18-16)20-9-14(10-20)19(3)4/h5-6,12-14H,7-11H2,1-4H3/t13-/m0/s1. The van der Waals surface area contributed by atoms with Crippen LogP contribution in [-0.4, -0.2) is 56.3 Å². The topological polar surface area (TPSA) is 28.6 Å². The van der Waals surface area contributed by atoms with Crippen molar-refractivity contribution < 1.29 is 4.74 Å². The number of pyridine rings is 1. The highest BCUT2D eigenvalue weighted by Crippen LogP contribution is 2.35. The second-order valence-corrected chi connectivity index (χ2v) is 6.89. The Balaban J connectivity index is 1.86. The van der Waals surface area contributed by atoms with Crippen molar-refractivity contribution in [2.75, 3.05) is 45.3 Å². The average Bonchev–Trinajstić information content (AvgIpc) is 2.90. The highest BCUT2D eigenvalue weighted by Gasteiger charge is 2.33. The summed E-state index contributed by atoms with van der Waals surface area (Å²) in [5.41, 5.74) is 2.58. The molecule has 0 N–H and O–H groups in total. The molecule has 3 heterocycles. The van der Waals surface area contributed by atoms with E-state index in [0.717, 1.165) is 32.7 Å². The molecule has 2 aliphatic rings. The van der Waals surface area contributed by atoms with Crippen LogP contribution in [0.1, 0.15) is 43.4 Å². The molecular formula is C17H27N3O. The highest BCUT2D eigenvalue weighted by molar-refractivity contribution is 5.53. The largest absolute Gasteiger partial charge is 0.381 e. The van der Waals surface area contributed by atoms with Crippen LogP contribution in [0.4, 0.5) is 5.82 Å². The Labute approximate surface area is 128 Å². The second-order valence-electron chi connectivity index (χ2n) is 6.89. The maximum atomic E-state index is 5.58. The zero-order valence-electron chi connectivity index (χ0n) is 13.7. The summed E-state index contributed by atoms with van der Waals surface area (Å²) < 4.78 is 5.58. The molecule has 4 nitrogen and oxygen atoms in total. The molecule has 1 aromatic rings. The van der Waals surface area contributed by atoms with Crippen molar-refractivity contribution in [3.05, 3.63) is 23.4 Å². The van der Waals surface area contributed by atoms with Crippen molar-refractivity contribution >= 4 is 5.82 Å². The second kappa shape index (κ2) is 5.93. The molecule has 0 spiro atoms. The normalized spacial score (nSPS) is 23.1. The first kappa shape index (κ1) is 14.8. The van der Waals surface area contributed by atoms with Gasteiger partial charge in [-0.15, -0.1) is 0 Å². The van der Waals surface area contributed by atoms with E-state index in [2.05, 4.69) is 49.9 Å². The molecule has 0 saturated carbocycles. The smallest absolute Gasteiger partial charge is 0.132 e. The lowest BCUT2D eigenvalue weighted by atomic mass is 9.95. The van der Waals surface area contributed by atoms with E-state index in [4.69, 9.17) is 9.72 Å². The minimum atomic E-state index is 0.476. The van der Waals surface area contributed by atoms with Crippen molar-refractivity contribution in [2.45, 2.75) is 38.1 Å². The summed E-state index contributed by atoms with van der Waals surface area (Å²) in [6.45, 7) is 8.33. The number of hydrogen-bond donors (Lipinski definition) is 0. The molecule has 2 aliphatic heterocycles. The lowest BCUT2D eigenvalue weighted by Crippen LogP contribution is -2.58. The molecule has 0 radical (unpaired) electrons. The van der Waals surface area contributed by atoms with E-state index >= 15 is 0 Å². The van der Waals surface area contributed by atoms with Gasteiger partial charge in [0.15, 0.2) is 0 Å². The molecule has 0 unspecified atom stereocenters. The Bertz CT molecular complexity index is 489. The number of hydrogen-bond acceptors (Lipinski definition) is 4. The van der Waals surface area contributed by atoms with Gasteiger partial charge >= 0.3 is 0 Å². The van der Waals surface area contributed by atoms with E-state index in [1.807, 2.05) is 0 Å². The van der Waals surface area contributed by atoms with Gasteiger partial charge in [-0.05, 0) is 32.5 Å². The first-order valence-electron chi connectivity index (χ1n) is 8.06. The van der Waals surface area contributed by atoms with Gasteiger partial charge < -0.3 is 14.5 Å². The predicted molar refractivity (Wildman–Crippen MR) is 86.2 cm³/mol. The lowest BCUT2D eigenvalue weighted by molar-refractivity contribution is 0.193. The Morgan fingerprint density at radius 2 is 2.05 bits per heavy atom. The summed E-state index contributed by atoms with van der Waals surface area (Å²) in [4.78, 5) is 9.73. The van der Waals surface area contributed by atoms with E-state index in [9.17, 15) is 0 Å². The van der Waals surface area contributed by atoms with Gasteiger partial charge in [0.1, 0.15) is 5.82 Å². The van der Waals surface area contributed by atoms with Crippen LogP contribution in [-0.2, 0) is 4.74 Å². The van der Waals surface area contributed by atoms with Crippen LogP contribution in [0.5, 0.6) is 0 Å². The van der Waals surface area contributed by atoms with Gasteiger partial charge in [0.05, 0.1) is 6.61 Å². The summed E-state index contributed by atoms with van der Waals surface area (Å²) in [5, 5.41) is 0. The van der Waals surface area contributed by atoms with Crippen molar-refractivity contribution in [1.29, 1.82) is 0 Å². The maximum Gasteiger partial charge on any atom is 0.132 e. The van der Waals surface area contributed by atoms with Gasteiger partial charge in [-0.3, -0.25) is 0 Å². The number of rotatable bonds is 4. The van der Waals surface area contributed by atoms with Crippen LogP contribution in [0.2, 0.25) is 0 Å². The van der Waals surface area contributed by atoms with E-state index in [1.54, 1.807) is 0 Å². The van der Waals surface area contributed by atoms with Gasteiger partial charge in [0.25, 0.3) is 0 Å². The molecule has 4 heteroatoms. The fraction of sp³-hybridized carbons (Fsp3) is 0.706. The fourth-order valence-electron chi connectivity index (χ4n) is 3.10. The third kappa shape index (κ3) is 2.92. The van der Waals surface area contributed by atoms with Gasteiger partial charge in [-0.1, -0.05) is 19.9 Å². The van der Waals surface area contributed by atoms with Crippen molar-refractivity contribution in [3.8, 4) is 0 Å². The summed E-state index contributed by atoms with van der Waals surface area (Å²) in [6.07, 6.45) is 1.13. The molecule has 0 bridgehead atoms. The van der Waals surface area contributed by atoms with E-state index < -0.39 is 0 Å². The SMILES string of the molecule is CC(C)c1ccc([C@H]2CCOC2)c(N2CC(N(C)C)C2)n1. The number of aromatic nitrogens is 1. The molecule has 1 aromatic heterocycles. The molecule has 1 atom stereocenters. The number of likely N-dealkylation sites (N-methyl/N-ethyl adjacent to an activating group) is 1. The minimum absolute atomic E-state index is 0.476. The lowest BCUT2D eigenvalue weighted by Gasteiger charge is -2.44. The summed E-state index contributed by atoms with van der Waals surface area (Å²) in [6, 6.07) is 5.15. The first-order chi connectivity index (χ1) is 10.1. The Hall–Kier alpha value is -1.13.